The Morgan fingerprint density at radius 3 is 2.71 bits per heavy atom. The second-order valence-corrected chi connectivity index (χ2v) is 6.78. The number of morpholine rings is 1. The smallest absolute Gasteiger partial charge is 0.353 e. The van der Waals surface area contributed by atoms with E-state index in [9.17, 15) is 10.1 Å². The van der Waals surface area contributed by atoms with Crippen molar-refractivity contribution in [1.29, 1.82) is 0 Å². The number of aromatic nitrogens is 2. The Morgan fingerprint density at radius 1 is 1.21 bits per heavy atom. The molecule has 1 aromatic carbocycles. The molecule has 0 aliphatic carbocycles. The van der Waals surface area contributed by atoms with Crippen LogP contribution in [0.5, 0.6) is 0 Å². The number of anilines is 3. The van der Waals surface area contributed by atoms with Crippen LogP contribution in [0.3, 0.4) is 0 Å². The molecule has 0 amide bonds. The highest BCUT2D eigenvalue weighted by Crippen LogP contribution is 2.32. The third-order valence-electron chi connectivity index (χ3n) is 4.91. The molecule has 0 atom stereocenters. The molecule has 2 heterocycles. The number of hydrogen-bond acceptors (Lipinski definition) is 8. The number of benzene rings is 1. The normalized spacial score (nSPS) is 14.6. The van der Waals surface area contributed by atoms with Gasteiger partial charge in [-0.25, -0.2) is 9.97 Å². The molecule has 0 bridgehead atoms. The molecule has 0 radical (unpaired) electrons. The molecule has 1 aromatic heterocycles. The molecule has 1 saturated heterocycles. The van der Waals surface area contributed by atoms with Crippen LogP contribution in [0.1, 0.15) is 17.5 Å². The third kappa shape index (κ3) is 4.93. The van der Waals surface area contributed by atoms with Crippen LogP contribution in [0.15, 0.2) is 24.5 Å². The molecule has 0 saturated carbocycles. The molecule has 2 N–H and O–H groups in total. The minimum Gasteiger partial charge on any atom is -0.379 e. The largest absolute Gasteiger partial charge is 0.379 e. The molecule has 1 aliphatic heterocycles. The van der Waals surface area contributed by atoms with Crippen LogP contribution in [-0.4, -0.2) is 59.2 Å². The predicted octanol–water partition coefficient (Wildman–Crippen LogP) is 2.88. The predicted molar refractivity (Wildman–Crippen MR) is 108 cm³/mol. The Kier molecular flexibility index (Phi) is 6.72. The number of nitrogens with zero attached hydrogens (tertiary/aromatic N) is 4. The van der Waals surface area contributed by atoms with Gasteiger partial charge in [-0.1, -0.05) is 12.1 Å². The summed E-state index contributed by atoms with van der Waals surface area (Å²) >= 11 is 0. The molecule has 150 valence electrons. The number of nitro groups is 1. The molecule has 9 heteroatoms. The fourth-order valence-corrected chi connectivity index (χ4v) is 3.12. The van der Waals surface area contributed by atoms with Crippen LogP contribution in [0.2, 0.25) is 0 Å². The Balaban J connectivity index is 1.68. The van der Waals surface area contributed by atoms with Gasteiger partial charge < -0.3 is 15.4 Å². The summed E-state index contributed by atoms with van der Waals surface area (Å²) in [5.74, 6) is 0.416. The van der Waals surface area contributed by atoms with Crippen molar-refractivity contribution in [2.75, 3.05) is 50.0 Å². The summed E-state index contributed by atoms with van der Waals surface area (Å²) in [6.45, 7) is 8.86. The fraction of sp³-hybridized carbons (Fsp3) is 0.474. The number of nitrogens with one attached hydrogen (secondary N) is 2. The lowest BCUT2D eigenvalue weighted by Crippen LogP contribution is -2.37. The Bertz CT molecular complexity index is 823. The number of aryl methyl sites for hydroxylation is 1. The maximum Gasteiger partial charge on any atom is 0.353 e. The molecule has 1 fully saturated rings. The zero-order valence-corrected chi connectivity index (χ0v) is 16.3. The standard InChI is InChI=1S/C19H26N6O3/c1-14-5-3-6-16(15(14)2)23-19-17(25(26)27)18(21-13-22-19)20-7-4-8-24-9-11-28-12-10-24/h3,5-6,13H,4,7-12H2,1-2H3,(H2,20,21,22,23). The van der Waals surface area contributed by atoms with E-state index in [1.165, 1.54) is 6.33 Å². The monoisotopic (exact) mass is 386 g/mol. The van der Waals surface area contributed by atoms with Crippen LogP contribution in [0, 0.1) is 24.0 Å². The highest BCUT2D eigenvalue weighted by molar-refractivity contribution is 5.75. The van der Waals surface area contributed by atoms with E-state index in [0.29, 0.717) is 6.54 Å². The van der Waals surface area contributed by atoms with Crippen molar-refractivity contribution in [2.24, 2.45) is 0 Å². The maximum atomic E-state index is 11.7. The van der Waals surface area contributed by atoms with Crippen LogP contribution in [0.4, 0.5) is 23.0 Å². The molecule has 9 nitrogen and oxygen atoms in total. The van der Waals surface area contributed by atoms with E-state index in [4.69, 9.17) is 4.74 Å². The lowest BCUT2D eigenvalue weighted by molar-refractivity contribution is -0.383. The number of ether oxygens (including phenoxy) is 1. The Morgan fingerprint density at radius 2 is 1.96 bits per heavy atom. The first-order chi connectivity index (χ1) is 13.6. The first kappa shape index (κ1) is 20.0. The topological polar surface area (TPSA) is 105 Å². The van der Waals surface area contributed by atoms with E-state index in [-0.39, 0.29) is 17.3 Å². The number of rotatable bonds is 8. The zero-order chi connectivity index (χ0) is 19.9. The van der Waals surface area contributed by atoms with Gasteiger partial charge in [0.1, 0.15) is 6.33 Å². The summed E-state index contributed by atoms with van der Waals surface area (Å²) in [7, 11) is 0. The summed E-state index contributed by atoms with van der Waals surface area (Å²) in [4.78, 5) is 21.8. The van der Waals surface area contributed by atoms with Gasteiger partial charge in [-0.2, -0.15) is 0 Å². The van der Waals surface area contributed by atoms with E-state index < -0.39 is 4.92 Å². The minimum atomic E-state index is -0.447. The van der Waals surface area contributed by atoms with Crippen LogP contribution in [0.25, 0.3) is 0 Å². The molecule has 0 spiro atoms. The van der Waals surface area contributed by atoms with Crippen molar-refractivity contribution in [3.63, 3.8) is 0 Å². The van der Waals surface area contributed by atoms with Gasteiger partial charge in [0.15, 0.2) is 0 Å². The van der Waals surface area contributed by atoms with Gasteiger partial charge in [0, 0.05) is 25.3 Å². The lowest BCUT2D eigenvalue weighted by atomic mass is 10.1. The average Bonchev–Trinajstić information content (AvgIpc) is 2.69. The molecule has 28 heavy (non-hydrogen) atoms. The second kappa shape index (κ2) is 9.43. The first-order valence-electron chi connectivity index (χ1n) is 9.43. The van der Waals surface area contributed by atoms with Crippen LogP contribution in [-0.2, 0) is 4.74 Å². The van der Waals surface area contributed by atoms with E-state index in [0.717, 1.165) is 56.1 Å². The molecule has 0 unspecified atom stereocenters. The van der Waals surface area contributed by atoms with Gasteiger partial charge in [-0.05, 0) is 44.0 Å². The van der Waals surface area contributed by atoms with Gasteiger partial charge >= 0.3 is 5.69 Å². The Labute approximate surface area is 164 Å². The zero-order valence-electron chi connectivity index (χ0n) is 16.3. The van der Waals surface area contributed by atoms with Gasteiger partial charge in [0.05, 0.1) is 18.1 Å². The van der Waals surface area contributed by atoms with Crippen LogP contribution >= 0.6 is 0 Å². The molecule has 3 rings (SSSR count). The summed E-state index contributed by atoms with van der Waals surface area (Å²) in [5.41, 5.74) is 2.77. The quantitative estimate of drug-likeness (QED) is 0.405. The van der Waals surface area contributed by atoms with E-state index >= 15 is 0 Å². The summed E-state index contributed by atoms with van der Waals surface area (Å²) < 4.78 is 5.34. The maximum absolute atomic E-state index is 11.7. The van der Waals surface area contributed by atoms with Gasteiger partial charge in [-0.3, -0.25) is 15.0 Å². The fourth-order valence-electron chi connectivity index (χ4n) is 3.12. The SMILES string of the molecule is Cc1cccc(Nc2ncnc(NCCCN3CCOCC3)c2[N+](=O)[O-])c1C. The van der Waals surface area contributed by atoms with Gasteiger partial charge in [-0.15, -0.1) is 0 Å². The third-order valence-corrected chi connectivity index (χ3v) is 4.91. The van der Waals surface area contributed by atoms with Crippen molar-refractivity contribution in [3.05, 3.63) is 45.8 Å². The summed E-state index contributed by atoms with van der Waals surface area (Å²) in [5, 5.41) is 17.9. The summed E-state index contributed by atoms with van der Waals surface area (Å²) in [6, 6.07) is 5.78. The van der Waals surface area contributed by atoms with E-state index in [2.05, 4.69) is 25.5 Å². The van der Waals surface area contributed by atoms with Crippen molar-refractivity contribution < 1.29 is 9.66 Å². The minimum absolute atomic E-state index is 0.144. The van der Waals surface area contributed by atoms with Crippen molar-refractivity contribution >= 4 is 23.0 Å². The van der Waals surface area contributed by atoms with Crippen molar-refractivity contribution in [1.82, 2.24) is 14.9 Å². The first-order valence-corrected chi connectivity index (χ1v) is 9.43. The Hall–Kier alpha value is -2.78. The molecular formula is C19H26N6O3. The molecular weight excluding hydrogens is 360 g/mol. The highest BCUT2D eigenvalue weighted by atomic mass is 16.6. The molecule has 1 aliphatic rings. The second-order valence-electron chi connectivity index (χ2n) is 6.78. The average molecular weight is 386 g/mol. The number of hydrogen-bond donors (Lipinski definition) is 2. The van der Waals surface area contributed by atoms with E-state index in [1.54, 1.807) is 0 Å². The summed E-state index contributed by atoms with van der Waals surface area (Å²) in [6.07, 6.45) is 2.20. The van der Waals surface area contributed by atoms with Gasteiger partial charge in [0.2, 0.25) is 11.6 Å². The van der Waals surface area contributed by atoms with Gasteiger partial charge in [0.25, 0.3) is 0 Å². The lowest BCUT2D eigenvalue weighted by Gasteiger charge is -2.26. The molecule has 2 aromatic rings. The van der Waals surface area contributed by atoms with Crippen LogP contribution < -0.4 is 10.6 Å². The van der Waals surface area contributed by atoms with E-state index in [1.807, 2.05) is 32.0 Å². The van der Waals surface area contributed by atoms with Crippen molar-refractivity contribution in [2.45, 2.75) is 20.3 Å². The highest BCUT2D eigenvalue weighted by Gasteiger charge is 2.23. The van der Waals surface area contributed by atoms with Crippen molar-refractivity contribution in [3.8, 4) is 0 Å².